The number of hydrogen-bond acceptors (Lipinski definition) is 4. The molecule has 0 unspecified atom stereocenters. The number of benzene rings is 2. The van der Waals surface area contributed by atoms with Crippen LogP contribution < -0.4 is 21.3 Å². The van der Waals surface area contributed by atoms with Gasteiger partial charge in [-0.15, -0.1) is 0 Å². The number of amides is 4. The van der Waals surface area contributed by atoms with Crippen LogP contribution in [0.25, 0.3) is 11.6 Å². The second-order valence-corrected chi connectivity index (χ2v) is 10.2. The van der Waals surface area contributed by atoms with Crippen molar-refractivity contribution in [3.8, 4) is 0 Å². The molecule has 0 radical (unpaired) electrons. The monoisotopic (exact) mass is 526 g/mol. The molecule has 2 aromatic carbocycles. The molecule has 0 spiro atoms. The Morgan fingerprint density at radius 1 is 1.00 bits per heavy atom. The van der Waals surface area contributed by atoms with Crippen molar-refractivity contribution in [3.63, 3.8) is 0 Å². The molecule has 0 aliphatic carbocycles. The van der Waals surface area contributed by atoms with E-state index in [9.17, 15) is 14.4 Å². The fourth-order valence-corrected chi connectivity index (χ4v) is 5.26. The molecule has 4 amide bonds. The van der Waals surface area contributed by atoms with Gasteiger partial charge in [0, 0.05) is 41.4 Å². The molecule has 9 heteroatoms. The van der Waals surface area contributed by atoms with Gasteiger partial charge >= 0.3 is 6.03 Å². The Kier molecular flexibility index (Phi) is 7.51. The minimum absolute atomic E-state index is 0.110. The quantitative estimate of drug-likeness (QED) is 0.281. The fraction of sp³-hybridized carbons (Fsp3) is 0.300. The Labute approximate surface area is 228 Å². The van der Waals surface area contributed by atoms with Gasteiger partial charge in [-0.3, -0.25) is 9.59 Å². The topological polar surface area (TPSA) is 118 Å². The minimum atomic E-state index is -0.371. The number of nitrogens with one attached hydrogen (secondary N) is 5. The highest BCUT2D eigenvalue weighted by atomic mass is 16.2. The number of rotatable bonds is 7. The van der Waals surface area contributed by atoms with Crippen LogP contribution in [0.1, 0.15) is 51.3 Å². The van der Waals surface area contributed by atoms with Crippen LogP contribution in [0.5, 0.6) is 0 Å². The van der Waals surface area contributed by atoms with E-state index in [0.717, 1.165) is 47.7 Å². The number of aryl methyl sites for hydroxylation is 2. The van der Waals surface area contributed by atoms with Crippen LogP contribution in [0, 0.1) is 20.8 Å². The lowest BCUT2D eigenvalue weighted by Gasteiger charge is -2.14. The van der Waals surface area contributed by atoms with E-state index in [2.05, 4.69) is 31.2 Å². The lowest BCUT2D eigenvalue weighted by atomic mass is 10.0. The molecule has 0 bridgehead atoms. The predicted molar refractivity (Wildman–Crippen MR) is 155 cm³/mol. The molecule has 3 aromatic rings. The minimum Gasteiger partial charge on any atom is -0.358 e. The molecule has 1 saturated heterocycles. The van der Waals surface area contributed by atoms with Gasteiger partial charge in [0.2, 0.25) is 0 Å². The zero-order chi connectivity index (χ0) is 27.5. The van der Waals surface area contributed by atoms with Crippen molar-refractivity contribution in [2.24, 2.45) is 0 Å². The number of likely N-dealkylation sites (tertiary alicyclic amines) is 1. The van der Waals surface area contributed by atoms with Gasteiger partial charge in [-0.05, 0) is 88.2 Å². The first kappa shape index (κ1) is 26.2. The maximum atomic E-state index is 12.9. The number of carbonyl (C=O) groups is 3. The van der Waals surface area contributed by atoms with E-state index in [0.29, 0.717) is 34.7 Å². The van der Waals surface area contributed by atoms with Crippen LogP contribution in [0.2, 0.25) is 0 Å². The molecule has 1 fully saturated rings. The SMILES string of the molecule is Cc1cccc(NC(=O)Nc2ccc3c(c2)NC(=O)/C3=C\c2[nH]c(C)c(C(=O)NCCN3CCCC3)c2C)c1. The molecule has 5 N–H and O–H groups in total. The van der Waals surface area contributed by atoms with E-state index in [4.69, 9.17) is 0 Å². The van der Waals surface area contributed by atoms with Crippen LogP contribution in [-0.2, 0) is 4.79 Å². The van der Waals surface area contributed by atoms with Gasteiger partial charge in [0.05, 0.1) is 16.8 Å². The summed E-state index contributed by atoms with van der Waals surface area (Å²) >= 11 is 0. The Morgan fingerprint density at radius 3 is 2.49 bits per heavy atom. The lowest BCUT2D eigenvalue weighted by molar-refractivity contribution is -0.110. The van der Waals surface area contributed by atoms with Crippen LogP contribution in [0.3, 0.4) is 0 Å². The summed E-state index contributed by atoms with van der Waals surface area (Å²) in [5, 5.41) is 11.5. The van der Waals surface area contributed by atoms with Crippen molar-refractivity contribution in [1.82, 2.24) is 15.2 Å². The maximum Gasteiger partial charge on any atom is 0.323 e. The maximum absolute atomic E-state index is 12.9. The summed E-state index contributed by atoms with van der Waals surface area (Å²) in [5.74, 6) is -0.351. The number of fused-ring (bicyclic) bond motifs is 1. The van der Waals surface area contributed by atoms with E-state index >= 15 is 0 Å². The van der Waals surface area contributed by atoms with E-state index in [1.54, 1.807) is 24.3 Å². The number of carbonyl (C=O) groups excluding carboxylic acids is 3. The normalized spacial score (nSPS) is 15.8. The number of aromatic nitrogens is 1. The number of urea groups is 1. The molecular weight excluding hydrogens is 492 g/mol. The van der Waals surface area contributed by atoms with Crippen molar-refractivity contribution in [1.29, 1.82) is 0 Å². The molecule has 202 valence electrons. The zero-order valence-corrected chi connectivity index (χ0v) is 22.5. The molecule has 1 aromatic heterocycles. The summed E-state index contributed by atoms with van der Waals surface area (Å²) in [7, 11) is 0. The van der Waals surface area contributed by atoms with Gasteiger partial charge < -0.3 is 31.2 Å². The third-order valence-electron chi connectivity index (χ3n) is 7.24. The number of nitrogens with zero attached hydrogens (tertiary/aromatic N) is 1. The highest BCUT2D eigenvalue weighted by Crippen LogP contribution is 2.36. The Bertz CT molecular complexity index is 1470. The Morgan fingerprint density at radius 2 is 1.74 bits per heavy atom. The summed E-state index contributed by atoms with van der Waals surface area (Å²) in [5.41, 5.74) is 7.02. The first-order chi connectivity index (χ1) is 18.8. The molecule has 5 rings (SSSR count). The van der Waals surface area contributed by atoms with E-state index in [-0.39, 0.29) is 17.8 Å². The molecule has 9 nitrogen and oxygen atoms in total. The second kappa shape index (κ2) is 11.2. The molecule has 0 saturated carbocycles. The molecule has 2 aliphatic rings. The van der Waals surface area contributed by atoms with Gasteiger partial charge in [-0.25, -0.2) is 4.79 Å². The third kappa shape index (κ3) is 5.88. The van der Waals surface area contributed by atoms with Crippen LogP contribution in [-0.4, -0.2) is 53.9 Å². The van der Waals surface area contributed by atoms with Crippen LogP contribution >= 0.6 is 0 Å². The summed E-state index contributed by atoms with van der Waals surface area (Å²) in [4.78, 5) is 43.9. The number of anilines is 3. The summed E-state index contributed by atoms with van der Waals surface area (Å²) in [6.07, 6.45) is 4.22. The van der Waals surface area contributed by atoms with Gasteiger partial charge in [0.1, 0.15) is 0 Å². The first-order valence-electron chi connectivity index (χ1n) is 13.3. The van der Waals surface area contributed by atoms with Gasteiger partial charge in [0.25, 0.3) is 11.8 Å². The molecule has 3 heterocycles. The fourth-order valence-electron chi connectivity index (χ4n) is 5.26. The van der Waals surface area contributed by atoms with Crippen molar-refractivity contribution in [3.05, 3.63) is 76.1 Å². The highest BCUT2D eigenvalue weighted by molar-refractivity contribution is 6.35. The number of H-pyrrole nitrogens is 1. The molecular formula is C30H34N6O3. The number of hydrogen-bond donors (Lipinski definition) is 5. The standard InChI is InChI=1S/C30H34N6O3/c1-18-7-6-8-21(15-18)33-30(39)34-22-9-10-23-24(28(37)35-26(23)16-22)17-25-19(2)27(20(3)32-25)29(38)31-11-14-36-12-4-5-13-36/h6-10,15-17,32H,4-5,11-14H2,1-3H3,(H,31,38)(H,35,37)(H2,33,34,39)/b24-17-. The van der Waals surface area contributed by atoms with Crippen LogP contribution in [0.15, 0.2) is 42.5 Å². The Balaban J connectivity index is 1.28. The average Bonchev–Trinajstić information content (AvgIpc) is 3.57. The third-order valence-corrected chi connectivity index (χ3v) is 7.24. The summed E-state index contributed by atoms with van der Waals surface area (Å²) in [6.45, 7) is 9.36. The smallest absolute Gasteiger partial charge is 0.323 e. The van der Waals surface area contributed by atoms with Crippen molar-refractivity contribution in [2.75, 3.05) is 42.1 Å². The summed E-state index contributed by atoms with van der Waals surface area (Å²) in [6, 6.07) is 12.5. The zero-order valence-electron chi connectivity index (χ0n) is 22.5. The van der Waals surface area contributed by atoms with Crippen molar-refractivity contribution >= 4 is 46.6 Å². The molecule has 39 heavy (non-hydrogen) atoms. The first-order valence-corrected chi connectivity index (χ1v) is 13.3. The van der Waals surface area contributed by atoms with E-state index in [1.807, 2.05) is 45.0 Å². The second-order valence-electron chi connectivity index (χ2n) is 10.2. The van der Waals surface area contributed by atoms with E-state index in [1.165, 1.54) is 12.8 Å². The molecule has 0 atom stereocenters. The lowest BCUT2D eigenvalue weighted by Crippen LogP contribution is -2.33. The molecule has 2 aliphatic heterocycles. The highest BCUT2D eigenvalue weighted by Gasteiger charge is 2.26. The Hall–Kier alpha value is -4.37. The van der Waals surface area contributed by atoms with Crippen molar-refractivity contribution in [2.45, 2.75) is 33.6 Å². The van der Waals surface area contributed by atoms with Gasteiger partial charge in [0.15, 0.2) is 0 Å². The van der Waals surface area contributed by atoms with Crippen molar-refractivity contribution < 1.29 is 14.4 Å². The van der Waals surface area contributed by atoms with Crippen LogP contribution in [0.4, 0.5) is 21.9 Å². The number of aromatic amines is 1. The van der Waals surface area contributed by atoms with Gasteiger partial charge in [-0.1, -0.05) is 18.2 Å². The van der Waals surface area contributed by atoms with Gasteiger partial charge in [-0.2, -0.15) is 0 Å². The predicted octanol–water partition coefficient (Wildman–Crippen LogP) is 4.90. The largest absolute Gasteiger partial charge is 0.358 e. The average molecular weight is 527 g/mol. The van der Waals surface area contributed by atoms with E-state index < -0.39 is 0 Å². The summed E-state index contributed by atoms with van der Waals surface area (Å²) < 4.78 is 0.